The highest BCUT2D eigenvalue weighted by Crippen LogP contribution is 2.62. The molecule has 7 heteroatoms. The third-order valence-electron chi connectivity index (χ3n) is 8.69. The maximum atomic E-state index is 12.4. The number of carbonyl (C=O) groups is 3. The summed E-state index contributed by atoms with van der Waals surface area (Å²) in [6, 6.07) is 9.31. The Hall–Kier alpha value is -3.11. The molecule has 1 aliphatic carbocycles. The van der Waals surface area contributed by atoms with Crippen LogP contribution in [0.3, 0.4) is 0 Å². The molecule has 3 fully saturated rings. The maximum absolute atomic E-state index is 12.4. The summed E-state index contributed by atoms with van der Waals surface area (Å²) in [5, 5.41) is 8.29. The number of rotatable bonds is 9. The Morgan fingerprint density at radius 3 is 2.54 bits per heavy atom. The number of carbonyl (C=O) groups excluding carboxylic acids is 2. The highest BCUT2D eigenvalue weighted by molar-refractivity contribution is 5.85. The molecule has 0 amide bonds. The number of carboxylic acids is 1. The number of hydrogen-bond donors (Lipinski definition) is 1. The lowest BCUT2D eigenvalue weighted by Crippen LogP contribution is -2.53. The summed E-state index contributed by atoms with van der Waals surface area (Å²) in [6.07, 6.45) is 13.0. The van der Waals surface area contributed by atoms with Crippen molar-refractivity contribution >= 4 is 24.0 Å². The van der Waals surface area contributed by atoms with Gasteiger partial charge in [-0.1, -0.05) is 57.5 Å². The molecule has 2 aliphatic heterocycles. The second-order valence-electron chi connectivity index (χ2n) is 11.5. The highest BCUT2D eigenvalue weighted by atomic mass is 16.6. The van der Waals surface area contributed by atoms with Gasteiger partial charge in [0.2, 0.25) is 0 Å². The number of esters is 2. The number of unbranched alkanes of at least 4 members (excludes halogenated alkanes) is 1. The summed E-state index contributed by atoms with van der Waals surface area (Å²) < 4.78 is 17.6. The number of hydrogen-bond acceptors (Lipinski definition) is 6. The van der Waals surface area contributed by atoms with Crippen molar-refractivity contribution in [3.8, 4) is 12.3 Å². The van der Waals surface area contributed by atoms with Crippen molar-refractivity contribution in [2.45, 2.75) is 89.9 Å². The van der Waals surface area contributed by atoms with Gasteiger partial charge in [0.1, 0.15) is 11.7 Å². The lowest BCUT2D eigenvalue weighted by atomic mass is 9.72. The first-order valence-corrected chi connectivity index (χ1v) is 14.0. The molecule has 6 atom stereocenters. The van der Waals surface area contributed by atoms with Gasteiger partial charge in [-0.3, -0.25) is 4.79 Å². The van der Waals surface area contributed by atoms with Gasteiger partial charge in [0, 0.05) is 25.3 Å². The second kappa shape index (κ2) is 13.3. The number of benzene rings is 1. The third-order valence-corrected chi connectivity index (χ3v) is 8.69. The third kappa shape index (κ3) is 7.51. The van der Waals surface area contributed by atoms with E-state index in [1.54, 1.807) is 6.08 Å². The summed E-state index contributed by atoms with van der Waals surface area (Å²) in [7, 11) is 0. The number of carboxylic acid groups (broad SMARTS) is 1. The molecule has 212 valence electrons. The van der Waals surface area contributed by atoms with Gasteiger partial charge in [-0.15, -0.1) is 12.3 Å². The van der Waals surface area contributed by atoms with E-state index in [2.05, 4.69) is 33.6 Å². The van der Waals surface area contributed by atoms with Crippen molar-refractivity contribution in [2.75, 3.05) is 6.61 Å². The fourth-order valence-electron chi connectivity index (χ4n) is 6.44. The Kier molecular flexibility index (Phi) is 10.4. The van der Waals surface area contributed by atoms with Crippen LogP contribution in [-0.4, -0.2) is 46.9 Å². The number of fused-ring (bicyclic) bond motifs is 4. The van der Waals surface area contributed by atoms with E-state index in [-0.39, 0.29) is 24.7 Å². The zero-order valence-electron chi connectivity index (χ0n) is 23.6. The maximum Gasteiger partial charge on any atom is 0.344 e. The van der Waals surface area contributed by atoms with E-state index >= 15 is 0 Å². The second-order valence-corrected chi connectivity index (χ2v) is 11.5. The van der Waals surface area contributed by atoms with Crippen molar-refractivity contribution in [3.05, 3.63) is 42.0 Å². The van der Waals surface area contributed by atoms with Gasteiger partial charge < -0.3 is 19.3 Å². The molecular formula is C32H42O7. The largest absolute Gasteiger partial charge is 0.478 e. The number of aliphatic carboxylic acids is 1. The van der Waals surface area contributed by atoms with Crippen LogP contribution in [0.1, 0.15) is 78.2 Å². The zero-order chi connectivity index (χ0) is 28.6. The van der Waals surface area contributed by atoms with Crippen molar-refractivity contribution in [1.29, 1.82) is 0 Å². The first kappa shape index (κ1) is 30.4. The van der Waals surface area contributed by atoms with Crippen molar-refractivity contribution in [1.82, 2.24) is 0 Å². The Bertz CT molecular complexity index is 1070. The van der Waals surface area contributed by atoms with Crippen LogP contribution in [0, 0.1) is 36.0 Å². The van der Waals surface area contributed by atoms with Gasteiger partial charge in [0.15, 0.2) is 6.61 Å². The minimum Gasteiger partial charge on any atom is -0.478 e. The summed E-state index contributed by atoms with van der Waals surface area (Å²) >= 11 is 0. The molecule has 1 saturated carbocycles. The molecule has 2 bridgehead atoms. The Morgan fingerprint density at radius 2 is 1.90 bits per heavy atom. The van der Waals surface area contributed by atoms with E-state index in [9.17, 15) is 14.4 Å². The fourth-order valence-corrected chi connectivity index (χ4v) is 6.44. The normalized spacial score (nSPS) is 30.7. The van der Waals surface area contributed by atoms with E-state index in [0.29, 0.717) is 36.5 Å². The monoisotopic (exact) mass is 538 g/mol. The van der Waals surface area contributed by atoms with Gasteiger partial charge in [0.25, 0.3) is 0 Å². The van der Waals surface area contributed by atoms with Crippen LogP contribution < -0.4 is 0 Å². The minimum absolute atomic E-state index is 0.222. The first-order chi connectivity index (χ1) is 18.5. The van der Waals surface area contributed by atoms with E-state index in [1.165, 1.54) is 6.42 Å². The Labute approximate surface area is 232 Å². The molecule has 2 saturated heterocycles. The number of ether oxygens (including phenoxy) is 3. The van der Waals surface area contributed by atoms with Gasteiger partial charge in [-0.05, 0) is 61.5 Å². The molecule has 39 heavy (non-hydrogen) atoms. The molecule has 0 radical (unpaired) electrons. The van der Waals surface area contributed by atoms with Gasteiger partial charge >= 0.3 is 17.9 Å². The molecule has 1 aromatic rings. The predicted octanol–water partition coefficient (Wildman–Crippen LogP) is 5.67. The molecule has 3 aliphatic rings. The zero-order valence-corrected chi connectivity index (χ0v) is 23.6. The molecule has 4 rings (SSSR count). The molecule has 0 aromatic heterocycles. The Morgan fingerprint density at radius 1 is 1.18 bits per heavy atom. The average molecular weight is 539 g/mol. The highest BCUT2D eigenvalue weighted by Gasteiger charge is 2.66. The Balaban J connectivity index is 0.000000320. The quantitative estimate of drug-likeness (QED) is 0.187. The lowest BCUT2D eigenvalue weighted by molar-refractivity contribution is -0.215. The molecule has 7 nitrogen and oxygen atoms in total. The number of terminal acetylenes is 1. The van der Waals surface area contributed by atoms with Crippen LogP contribution in [0.2, 0.25) is 0 Å². The smallest absolute Gasteiger partial charge is 0.344 e. The van der Waals surface area contributed by atoms with E-state index in [1.807, 2.05) is 30.3 Å². The molecule has 1 aromatic carbocycles. The standard InChI is InChI=1S/C23H34O5.C9H8O2/c1-6-7-8-9-20(24)26-14-21(25)27-19-13-23(15(2)3)12-17-16(4)10-11-18(17)22(19,5)28-23;10-9(11)7-6-8-4-2-1-3-5-8/h1,15-19H,7-14H2,2-5H3;1-7H,(H,10,11)/b;7-6+/t16?,17?,18-,19?,22?,23?;/m1./s1. The van der Waals surface area contributed by atoms with Gasteiger partial charge in [0.05, 0.1) is 5.60 Å². The van der Waals surface area contributed by atoms with Crippen molar-refractivity contribution < 1.29 is 33.7 Å². The van der Waals surface area contributed by atoms with E-state index in [4.69, 9.17) is 25.7 Å². The summed E-state index contributed by atoms with van der Waals surface area (Å²) in [6.45, 7) is 8.51. The average Bonchev–Trinajstić information content (AvgIpc) is 3.38. The van der Waals surface area contributed by atoms with Crippen LogP contribution in [0.4, 0.5) is 0 Å². The van der Waals surface area contributed by atoms with Gasteiger partial charge in [-0.25, -0.2) is 9.59 Å². The summed E-state index contributed by atoms with van der Waals surface area (Å²) in [5.41, 5.74) is 0.213. The SMILES string of the molecule is C#CCCCC(=O)OCC(=O)OC1CC2(C(C)C)CC3C(C)CC[C@H]3C1(C)O2.O=C(O)/C=C/c1ccccc1. The molecule has 2 heterocycles. The van der Waals surface area contributed by atoms with Crippen LogP contribution in [-0.2, 0) is 28.6 Å². The molecule has 1 N–H and O–H groups in total. The molecular weight excluding hydrogens is 496 g/mol. The predicted molar refractivity (Wildman–Crippen MR) is 148 cm³/mol. The molecule has 0 spiro atoms. The van der Waals surface area contributed by atoms with Crippen LogP contribution >= 0.6 is 0 Å². The summed E-state index contributed by atoms with van der Waals surface area (Å²) in [5.74, 6) is 2.74. The fraction of sp³-hybridized carbons (Fsp3) is 0.594. The van der Waals surface area contributed by atoms with Crippen molar-refractivity contribution in [3.63, 3.8) is 0 Å². The minimum atomic E-state index is -0.922. The van der Waals surface area contributed by atoms with Crippen LogP contribution in [0.5, 0.6) is 0 Å². The first-order valence-electron chi connectivity index (χ1n) is 14.0. The van der Waals surface area contributed by atoms with Crippen molar-refractivity contribution in [2.24, 2.45) is 23.7 Å². The lowest BCUT2D eigenvalue weighted by Gasteiger charge is -2.48. The molecule has 5 unspecified atom stereocenters. The van der Waals surface area contributed by atoms with Crippen LogP contribution in [0.15, 0.2) is 36.4 Å². The van der Waals surface area contributed by atoms with E-state index < -0.39 is 23.5 Å². The van der Waals surface area contributed by atoms with E-state index in [0.717, 1.165) is 30.9 Å². The topological polar surface area (TPSA) is 99.1 Å². The summed E-state index contributed by atoms with van der Waals surface area (Å²) in [4.78, 5) is 34.2. The van der Waals surface area contributed by atoms with Gasteiger partial charge in [-0.2, -0.15) is 0 Å². The van der Waals surface area contributed by atoms with Crippen LogP contribution in [0.25, 0.3) is 6.08 Å².